The van der Waals surface area contributed by atoms with Gasteiger partial charge in [-0.15, -0.1) is 0 Å². The van der Waals surface area contributed by atoms with E-state index in [1.807, 2.05) is 24.3 Å². The van der Waals surface area contributed by atoms with Crippen LogP contribution in [0.2, 0.25) is 0 Å². The number of aliphatic hydroxyl groups excluding tert-OH is 1. The highest BCUT2D eigenvalue weighted by Gasteiger charge is 2.23. The van der Waals surface area contributed by atoms with Crippen LogP contribution in [-0.2, 0) is 4.79 Å². The van der Waals surface area contributed by atoms with Gasteiger partial charge in [-0.2, -0.15) is 0 Å². The van der Waals surface area contributed by atoms with Crippen LogP contribution < -0.4 is 10.6 Å². The van der Waals surface area contributed by atoms with E-state index in [4.69, 9.17) is 0 Å². The predicted molar refractivity (Wildman–Crippen MR) is 85.2 cm³/mol. The van der Waals surface area contributed by atoms with Gasteiger partial charge in [-0.25, -0.2) is 0 Å². The van der Waals surface area contributed by atoms with Crippen LogP contribution >= 0.6 is 0 Å². The minimum absolute atomic E-state index is 0.0630. The molecule has 1 aliphatic rings. The van der Waals surface area contributed by atoms with Crippen molar-refractivity contribution in [1.82, 2.24) is 5.32 Å². The molecule has 0 aliphatic heterocycles. The molecule has 1 aliphatic carbocycles. The van der Waals surface area contributed by atoms with Gasteiger partial charge < -0.3 is 15.7 Å². The van der Waals surface area contributed by atoms with E-state index in [0.29, 0.717) is 0 Å². The van der Waals surface area contributed by atoms with Gasteiger partial charge in [0, 0.05) is 24.7 Å². The summed E-state index contributed by atoms with van der Waals surface area (Å²) < 4.78 is 0. The molecule has 0 heterocycles. The molecule has 0 saturated heterocycles. The minimum atomic E-state index is -0.256. The summed E-state index contributed by atoms with van der Waals surface area (Å²) in [6.45, 7) is 3.61. The van der Waals surface area contributed by atoms with Gasteiger partial charge in [0.25, 0.3) is 0 Å². The highest BCUT2D eigenvalue weighted by molar-refractivity contribution is 5.88. The molecule has 0 spiro atoms. The van der Waals surface area contributed by atoms with Gasteiger partial charge in [0.2, 0.25) is 5.91 Å². The number of carbonyl (C=O) groups excluding carboxylic acids is 1. The van der Waals surface area contributed by atoms with E-state index >= 15 is 0 Å². The molecule has 1 aromatic carbocycles. The molecule has 1 fully saturated rings. The minimum Gasteiger partial charge on any atom is -0.392 e. The Bertz CT molecular complexity index is 476. The largest absolute Gasteiger partial charge is 0.392 e. The van der Waals surface area contributed by atoms with E-state index in [9.17, 15) is 9.90 Å². The molecule has 1 saturated carbocycles. The molecule has 1 amide bonds. The summed E-state index contributed by atoms with van der Waals surface area (Å²) in [4.78, 5) is 11.1. The van der Waals surface area contributed by atoms with Gasteiger partial charge in [-0.1, -0.05) is 31.4 Å². The summed E-state index contributed by atoms with van der Waals surface area (Å²) >= 11 is 0. The highest BCUT2D eigenvalue weighted by Crippen LogP contribution is 2.23. The summed E-state index contributed by atoms with van der Waals surface area (Å²) in [5.74, 6) is -0.0630. The number of amides is 1. The van der Waals surface area contributed by atoms with Crippen molar-refractivity contribution in [2.75, 3.05) is 5.32 Å². The lowest BCUT2D eigenvalue weighted by Gasteiger charge is -2.26. The first-order chi connectivity index (χ1) is 10.1. The van der Waals surface area contributed by atoms with Crippen molar-refractivity contribution in [2.24, 2.45) is 0 Å². The molecule has 1 aromatic rings. The molecule has 0 bridgehead atoms. The molecule has 2 rings (SSSR count). The maximum atomic E-state index is 11.1. The van der Waals surface area contributed by atoms with Gasteiger partial charge in [0.05, 0.1) is 6.10 Å². The monoisotopic (exact) mass is 290 g/mol. The number of hydrogen-bond donors (Lipinski definition) is 3. The van der Waals surface area contributed by atoms with Crippen LogP contribution in [0.25, 0.3) is 0 Å². The second-order valence-corrected chi connectivity index (χ2v) is 6.01. The van der Waals surface area contributed by atoms with Gasteiger partial charge in [-0.3, -0.25) is 4.79 Å². The maximum Gasteiger partial charge on any atom is 0.221 e. The van der Waals surface area contributed by atoms with Crippen molar-refractivity contribution < 1.29 is 9.90 Å². The fourth-order valence-corrected chi connectivity index (χ4v) is 2.99. The average Bonchev–Trinajstić information content (AvgIpc) is 2.64. The Morgan fingerprint density at radius 1 is 1.29 bits per heavy atom. The Balaban J connectivity index is 2.01. The van der Waals surface area contributed by atoms with E-state index < -0.39 is 0 Å². The highest BCUT2D eigenvalue weighted by atomic mass is 16.3. The second-order valence-electron chi connectivity index (χ2n) is 6.01. The lowest BCUT2D eigenvalue weighted by atomic mass is 10.0. The molecule has 4 nitrogen and oxygen atoms in total. The first-order valence-corrected chi connectivity index (χ1v) is 7.88. The summed E-state index contributed by atoms with van der Waals surface area (Å²) in [6.07, 6.45) is 5.15. The van der Waals surface area contributed by atoms with Gasteiger partial charge in [-0.05, 0) is 37.5 Å². The lowest BCUT2D eigenvalue weighted by Crippen LogP contribution is -2.40. The number of hydrogen-bond acceptors (Lipinski definition) is 3. The van der Waals surface area contributed by atoms with Crippen molar-refractivity contribution in [3.05, 3.63) is 29.8 Å². The van der Waals surface area contributed by atoms with Crippen LogP contribution in [0.5, 0.6) is 0 Å². The van der Waals surface area contributed by atoms with Crippen LogP contribution in [-0.4, -0.2) is 23.2 Å². The Morgan fingerprint density at radius 2 is 2.05 bits per heavy atom. The standard InChI is InChI=1S/C17H26N2O2/c1-12(18-16-9-4-3-5-10-17(16)21)14-7-6-8-15(11-14)19-13(2)20/h6-8,11-12,16-18,21H,3-5,9-10H2,1-2H3,(H,19,20). The van der Waals surface area contributed by atoms with Crippen molar-refractivity contribution in [1.29, 1.82) is 0 Å². The Labute approximate surface area is 126 Å². The first-order valence-electron chi connectivity index (χ1n) is 7.88. The summed E-state index contributed by atoms with van der Waals surface area (Å²) in [7, 11) is 0. The van der Waals surface area contributed by atoms with Crippen LogP contribution in [0.3, 0.4) is 0 Å². The van der Waals surface area contributed by atoms with E-state index in [-0.39, 0.29) is 24.1 Å². The van der Waals surface area contributed by atoms with Crippen molar-refractivity contribution >= 4 is 11.6 Å². The van der Waals surface area contributed by atoms with E-state index in [1.165, 1.54) is 19.8 Å². The third kappa shape index (κ3) is 4.83. The summed E-state index contributed by atoms with van der Waals surface area (Å²) in [5.41, 5.74) is 1.94. The van der Waals surface area contributed by atoms with E-state index in [0.717, 1.165) is 30.5 Å². The average molecular weight is 290 g/mol. The van der Waals surface area contributed by atoms with Gasteiger partial charge in [0.1, 0.15) is 0 Å². The van der Waals surface area contributed by atoms with Crippen molar-refractivity contribution in [3.63, 3.8) is 0 Å². The quantitative estimate of drug-likeness (QED) is 0.747. The molecule has 0 aromatic heterocycles. The summed E-state index contributed by atoms with van der Waals surface area (Å²) in [5, 5.41) is 16.5. The zero-order valence-electron chi connectivity index (χ0n) is 12.9. The number of benzene rings is 1. The lowest BCUT2D eigenvalue weighted by molar-refractivity contribution is -0.114. The van der Waals surface area contributed by atoms with Gasteiger partial charge >= 0.3 is 0 Å². The maximum absolute atomic E-state index is 11.1. The molecule has 3 unspecified atom stereocenters. The third-order valence-corrected chi connectivity index (χ3v) is 4.15. The number of anilines is 1. The fourth-order valence-electron chi connectivity index (χ4n) is 2.99. The normalized spacial score (nSPS) is 24.1. The third-order valence-electron chi connectivity index (χ3n) is 4.15. The topological polar surface area (TPSA) is 61.4 Å². The Kier molecular flexibility index (Phi) is 5.76. The van der Waals surface area contributed by atoms with Crippen molar-refractivity contribution in [2.45, 2.75) is 64.1 Å². The molecule has 3 atom stereocenters. The SMILES string of the molecule is CC(=O)Nc1cccc(C(C)NC2CCCCCC2O)c1. The molecule has 21 heavy (non-hydrogen) atoms. The van der Waals surface area contributed by atoms with Crippen LogP contribution in [0.15, 0.2) is 24.3 Å². The van der Waals surface area contributed by atoms with E-state index in [1.54, 1.807) is 0 Å². The van der Waals surface area contributed by atoms with Crippen molar-refractivity contribution in [3.8, 4) is 0 Å². The van der Waals surface area contributed by atoms with Crippen LogP contribution in [0, 0.1) is 0 Å². The second kappa shape index (κ2) is 7.57. The molecule has 4 heteroatoms. The number of aliphatic hydroxyl groups is 1. The number of carbonyl (C=O) groups is 1. The zero-order valence-corrected chi connectivity index (χ0v) is 12.9. The summed E-state index contributed by atoms with van der Waals surface area (Å²) in [6, 6.07) is 8.18. The smallest absolute Gasteiger partial charge is 0.221 e. The van der Waals surface area contributed by atoms with Crippen LogP contribution in [0.4, 0.5) is 5.69 Å². The van der Waals surface area contributed by atoms with E-state index in [2.05, 4.69) is 17.6 Å². The van der Waals surface area contributed by atoms with Gasteiger partial charge in [0.15, 0.2) is 0 Å². The Hall–Kier alpha value is -1.39. The fraction of sp³-hybridized carbons (Fsp3) is 0.588. The Morgan fingerprint density at radius 3 is 2.81 bits per heavy atom. The molecule has 0 radical (unpaired) electrons. The zero-order chi connectivity index (χ0) is 15.2. The first kappa shape index (κ1) is 16.0. The van der Waals surface area contributed by atoms with Crippen LogP contribution in [0.1, 0.15) is 57.6 Å². The molecule has 116 valence electrons. The molecular formula is C17H26N2O2. The number of nitrogens with one attached hydrogen (secondary N) is 2. The molecule has 3 N–H and O–H groups in total. The molecular weight excluding hydrogens is 264 g/mol. The predicted octanol–water partition coefficient (Wildman–Crippen LogP) is 2.99. The number of rotatable bonds is 4.